The Morgan fingerprint density at radius 3 is 2.48 bits per heavy atom. The summed E-state index contributed by atoms with van der Waals surface area (Å²) in [4.78, 5) is 28.2. The first-order valence-electron chi connectivity index (χ1n) is 8.68. The van der Waals surface area contributed by atoms with Gasteiger partial charge in [-0.25, -0.2) is 13.2 Å². The molecule has 2 fully saturated rings. The Kier molecular flexibility index (Phi) is 5.34. The molecule has 9 heteroatoms. The van der Waals surface area contributed by atoms with Crippen molar-refractivity contribution in [1.29, 1.82) is 0 Å². The molecule has 2 saturated heterocycles. The SMILES string of the molecule is CC1CCCCN1C(=O)C1=CSC(C(=O)O)N1C1CCS(=O)(=O)CC1. The van der Waals surface area contributed by atoms with Crippen molar-refractivity contribution in [2.75, 3.05) is 18.1 Å². The lowest BCUT2D eigenvalue weighted by atomic mass is 10.0. The number of hydrogen-bond donors (Lipinski definition) is 1. The van der Waals surface area contributed by atoms with Crippen molar-refractivity contribution in [3.63, 3.8) is 0 Å². The molecule has 0 saturated carbocycles. The summed E-state index contributed by atoms with van der Waals surface area (Å²) in [7, 11) is -3.05. The lowest BCUT2D eigenvalue weighted by molar-refractivity contribution is -0.140. The summed E-state index contributed by atoms with van der Waals surface area (Å²) in [5.74, 6) is -1.03. The van der Waals surface area contributed by atoms with Gasteiger partial charge in [0.05, 0.1) is 11.5 Å². The van der Waals surface area contributed by atoms with E-state index in [9.17, 15) is 23.1 Å². The molecule has 0 bridgehead atoms. The van der Waals surface area contributed by atoms with Gasteiger partial charge in [0.1, 0.15) is 15.5 Å². The first kappa shape index (κ1) is 18.6. The molecular formula is C16H24N2O5S2. The zero-order valence-electron chi connectivity index (χ0n) is 14.3. The van der Waals surface area contributed by atoms with Gasteiger partial charge >= 0.3 is 5.97 Å². The summed E-state index contributed by atoms with van der Waals surface area (Å²) in [6.45, 7) is 2.71. The fourth-order valence-corrected chi connectivity index (χ4v) is 6.29. The van der Waals surface area contributed by atoms with E-state index in [4.69, 9.17) is 0 Å². The van der Waals surface area contributed by atoms with Gasteiger partial charge in [0.2, 0.25) is 0 Å². The number of aliphatic carboxylic acids is 1. The van der Waals surface area contributed by atoms with Crippen molar-refractivity contribution in [3.8, 4) is 0 Å². The number of piperidine rings is 1. The van der Waals surface area contributed by atoms with Gasteiger partial charge in [-0.1, -0.05) is 11.8 Å². The van der Waals surface area contributed by atoms with Crippen LogP contribution in [0.25, 0.3) is 0 Å². The lowest BCUT2D eigenvalue weighted by Crippen LogP contribution is -2.51. The number of likely N-dealkylation sites (tertiary alicyclic amines) is 1. The zero-order valence-corrected chi connectivity index (χ0v) is 15.9. The monoisotopic (exact) mass is 388 g/mol. The largest absolute Gasteiger partial charge is 0.479 e. The van der Waals surface area contributed by atoms with Crippen LogP contribution in [0, 0.1) is 0 Å². The van der Waals surface area contributed by atoms with Gasteiger partial charge in [-0.3, -0.25) is 4.79 Å². The molecule has 0 aromatic carbocycles. The average molecular weight is 389 g/mol. The van der Waals surface area contributed by atoms with Crippen LogP contribution in [-0.4, -0.2) is 70.7 Å². The maximum Gasteiger partial charge on any atom is 0.337 e. The van der Waals surface area contributed by atoms with Gasteiger partial charge in [0.25, 0.3) is 5.91 Å². The third kappa shape index (κ3) is 3.81. The highest BCUT2D eigenvalue weighted by atomic mass is 32.2. The number of hydrogen-bond acceptors (Lipinski definition) is 6. The maximum atomic E-state index is 13.1. The van der Waals surface area contributed by atoms with Crippen molar-refractivity contribution >= 4 is 33.5 Å². The number of carbonyl (C=O) groups is 2. The molecule has 140 valence electrons. The molecule has 2 unspecified atom stereocenters. The van der Waals surface area contributed by atoms with E-state index in [-0.39, 0.29) is 29.5 Å². The van der Waals surface area contributed by atoms with Gasteiger partial charge in [-0.2, -0.15) is 0 Å². The molecule has 0 aliphatic carbocycles. The van der Waals surface area contributed by atoms with Crippen molar-refractivity contribution in [1.82, 2.24) is 9.80 Å². The second kappa shape index (κ2) is 7.19. The molecule has 2 atom stereocenters. The van der Waals surface area contributed by atoms with Crippen LogP contribution in [0.2, 0.25) is 0 Å². The third-order valence-corrected chi connectivity index (χ3v) is 8.01. The molecule has 0 radical (unpaired) electrons. The number of carboxylic acids is 1. The van der Waals surface area contributed by atoms with E-state index in [1.165, 1.54) is 0 Å². The minimum atomic E-state index is -3.05. The quantitative estimate of drug-likeness (QED) is 0.778. The molecule has 0 spiro atoms. The Hall–Kier alpha value is -1.22. The minimum absolute atomic E-state index is 0.0484. The van der Waals surface area contributed by atoms with Crippen molar-refractivity contribution in [2.45, 2.75) is 56.5 Å². The summed E-state index contributed by atoms with van der Waals surface area (Å²) in [5, 5.41) is 10.3. The number of rotatable bonds is 3. The first-order chi connectivity index (χ1) is 11.8. The minimum Gasteiger partial charge on any atom is -0.479 e. The highest BCUT2D eigenvalue weighted by molar-refractivity contribution is 8.03. The summed E-state index contributed by atoms with van der Waals surface area (Å²) in [6, 6.07) is -0.0838. The van der Waals surface area contributed by atoms with Crippen LogP contribution < -0.4 is 0 Å². The Labute approximate surface area is 152 Å². The molecule has 1 amide bonds. The van der Waals surface area contributed by atoms with Crippen LogP contribution in [0.5, 0.6) is 0 Å². The Morgan fingerprint density at radius 2 is 1.88 bits per heavy atom. The van der Waals surface area contributed by atoms with Crippen LogP contribution in [0.3, 0.4) is 0 Å². The molecule has 25 heavy (non-hydrogen) atoms. The number of sulfone groups is 1. The summed E-state index contributed by atoms with van der Waals surface area (Å²) in [5.41, 5.74) is 0.412. The highest BCUT2D eigenvalue weighted by Crippen LogP contribution is 2.37. The molecule has 0 aromatic rings. The summed E-state index contributed by atoms with van der Waals surface area (Å²) >= 11 is 1.12. The Morgan fingerprint density at radius 1 is 1.20 bits per heavy atom. The molecule has 7 nitrogen and oxygen atoms in total. The van der Waals surface area contributed by atoms with Gasteiger partial charge in [0.15, 0.2) is 5.37 Å². The Bertz CT molecular complexity index is 677. The second-order valence-corrected chi connectivity index (χ2v) is 10.2. The van der Waals surface area contributed by atoms with E-state index in [1.54, 1.807) is 10.3 Å². The summed E-state index contributed by atoms with van der Waals surface area (Å²) in [6.07, 6.45) is 3.75. The van der Waals surface area contributed by atoms with Crippen molar-refractivity contribution in [3.05, 3.63) is 11.1 Å². The molecule has 3 aliphatic rings. The average Bonchev–Trinajstić information content (AvgIpc) is 3.00. The van der Waals surface area contributed by atoms with E-state index in [1.807, 2.05) is 11.8 Å². The van der Waals surface area contributed by atoms with Crippen molar-refractivity contribution in [2.24, 2.45) is 0 Å². The van der Waals surface area contributed by atoms with Crippen LogP contribution in [-0.2, 0) is 19.4 Å². The normalized spacial score (nSPS) is 30.2. The molecule has 0 aromatic heterocycles. The molecule has 3 rings (SSSR count). The molecule has 3 aliphatic heterocycles. The predicted molar refractivity (Wildman–Crippen MR) is 95.6 cm³/mol. The van der Waals surface area contributed by atoms with Gasteiger partial charge in [-0.05, 0) is 39.0 Å². The van der Waals surface area contributed by atoms with E-state index in [2.05, 4.69) is 0 Å². The van der Waals surface area contributed by atoms with E-state index in [0.29, 0.717) is 25.1 Å². The predicted octanol–water partition coefficient (Wildman–Crippen LogP) is 1.27. The van der Waals surface area contributed by atoms with Crippen LogP contribution in [0.1, 0.15) is 39.0 Å². The fraction of sp³-hybridized carbons (Fsp3) is 0.750. The molecule has 3 heterocycles. The Balaban J connectivity index is 1.82. The number of carboxylic acid groups (broad SMARTS) is 1. The zero-order chi connectivity index (χ0) is 18.2. The molecular weight excluding hydrogens is 364 g/mol. The second-order valence-electron chi connectivity index (χ2n) is 6.96. The lowest BCUT2D eigenvalue weighted by Gasteiger charge is -2.40. The topological polar surface area (TPSA) is 95.0 Å². The number of carbonyl (C=O) groups excluding carboxylic acids is 1. The number of thioether (sulfide) groups is 1. The smallest absolute Gasteiger partial charge is 0.337 e. The third-order valence-electron chi connectivity index (χ3n) is 5.25. The van der Waals surface area contributed by atoms with Gasteiger partial charge < -0.3 is 14.9 Å². The molecule has 1 N–H and O–H groups in total. The van der Waals surface area contributed by atoms with E-state index < -0.39 is 21.2 Å². The number of amides is 1. The van der Waals surface area contributed by atoms with Crippen molar-refractivity contribution < 1.29 is 23.1 Å². The van der Waals surface area contributed by atoms with Crippen LogP contribution in [0.15, 0.2) is 11.1 Å². The van der Waals surface area contributed by atoms with Crippen LogP contribution in [0.4, 0.5) is 0 Å². The highest BCUT2D eigenvalue weighted by Gasteiger charge is 2.43. The number of nitrogens with zero attached hydrogens (tertiary/aromatic N) is 2. The fourth-order valence-electron chi connectivity index (χ4n) is 3.81. The van der Waals surface area contributed by atoms with Gasteiger partial charge in [0, 0.05) is 24.0 Å². The standard InChI is InChI=1S/C16H24N2O5S2/c1-11-4-2-3-7-17(11)14(19)13-10-24-15(16(20)21)18(13)12-5-8-25(22,23)9-6-12/h10-12,15H,2-9H2,1H3,(H,20,21). The maximum absolute atomic E-state index is 13.1. The van der Waals surface area contributed by atoms with E-state index >= 15 is 0 Å². The van der Waals surface area contributed by atoms with Gasteiger partial charge in [-0.15, -0.1) is 0 Å². The van der Waals surface area contributed by atoms with E-state index in [0.717, 1.165) is 31.0 Å². The van der Waals surface area contributed by atoms with Crippen LogP contribution >= 0.6 is 11.8 Å². The summed E-state index contributed by atoms with van der Waals surface area (Å²) < 4.78 is 23.4. The first-order valence-corrected chi connectivity index (χ1v) is 11.4.